The van der Waals surface area contributed by atoms with Gasteiger partial charge in [-0.05, 0) is 55.3 Å². The fourth-order valence-corrected chi connectivity index (χ4v) is 4.39. The predicted octanol–water partition coefficient (Wildman–Crippen LogP) is 4.15. The van der Waals surface area contributed by atoms with Crippen molar-refractivity contribution >= 4 is 23.5 Å². The van der Waals surface area contributed by atoms with Gasteiger partial charge in [0.1, 0.15) is 0 Å². The molecule has 0 aromatic rings. The minimum absolute atomic E-state index is 0.923. The first-order valence-electron chi connectivity index (χ1n) is 5.70. The van der Waals surface area contributed by atoms with Crippen LogP contribution in [0.15, 0.2) is 0 Å². The second kappa shape index (κ2) is 6.32. The molecule has 14 heavy (non-hydrogen) atoms. The summed E-state index contributed by atoms with van der Waals surface area (Å²) in [6.07, 6.45) is 8.90. The van der Waals surface area contributed by atoms with Crippen molar-refractivity contribution in [2.24, 2.45) is 17.8 Å². The van der Waals surface area contributed by atoms with E-state index in [4.69, 9.17) is 0 Å². The number of hydrogen-bond donors (Lipinski definition) is 0. The number of rotatable bonds is 4. The first-order valence-corrected chi connectivity index (χ1v) is 8.39. The standard InChI is InChI=1S/C12H24S2/c1-9-5-6-11(7-12(9)14-4)10(2)8-13-3/h9-12H,5-8H2,1-4H3. The molecule has 4 atom stereocenters. The molecule has 0 amide bonds. The highest BCUT2D eigenvalue weighted by atomic mass is 32.2. The maximum Gasteiger partial charge on any atom is 0.00726 e. The number of hydrogen-bond acceptors (Lipinski definition) is 2. The van der Waals surface area contributed by atoms with Crippen molar-refractivity contribution in [3.63, 3.8) is 0 Å². The molecule has 1 aliphatic rings. The van der Waals surface area contributed by atoms with Gasteiger partial charge in [-0.15, -0.1) is 0 Å². The van der Waals surface area contributed by atoms with Gasteiger partial charge in [-0.2, -0.15) is 23.5 Å². The molecule has 0 bridgehead atoms. The maximum absolute atomic E-state index is 2.44. The van der Waals surface area contributed by atoms with Crippen molar-refractivity contribution < 1.29 is 0 Å². The third-order valence-electron chi connectivity index (χ3n) is 3.70. The molecule has 0 heterocycles. The minimum atomic E-state index is 0.923. The van der Waals surface area contributed by atoms with Gasteiger partial charge in [0.25, 0.3) is 0 Å². The van der Waals surface area contributed by atoms with Crippen LogP contribution in [0.3, 0.4) is 0 Å². The van der Waals surface area contributed by atoms with Gasteiger partial charge in [0.05, 0.1) is 0 Å². The molecule has 0 nitrogen and oxygen atoms in total. The monoisotopic (exact) mass is 232 g/mol. The summed E-state index contributed by atoms with van der Waals surface area (Å²) in [4.78, 5) is 0. The SMILES string of the molecule is CSCC(C)C1CCC(C)C(SC)C1. The molecular formula is C12H24S2. The van der Waals surface area contributed by atoms with E-state index in [1.165, 1.54) is 25.0 Å². The molecule has 0 aromatic heterocycles. The second-order valence-corrected chi connectivity index (χ2v) is 6.74. The summed E-state index contributed by atoms with van der Waals surface area (Å²) in [5.41, 5.74) is 0. The molecule has 84 valence electrons. The van der Waals surface area contributed by atoms with E-state index in [-0.39, 0.29) is 0 Å². The highest BCUT2D eigenvalue weighted by molar-refractivity contribution is 7.99. The smallest absolute Gasteiger partial charge is 0.00726 e. The van der Waals surface area contributed by atoms with Crippen LogP contribution in [-0.2, 0) is 0 Å². The minimum Gasteiger partial charge on any atom is -0.165 e. The van der Waals surface area contributed by atoms with Crippen LogP contribution in [0.1, 0.15) is 33.1 Å². The average Bonchev–Trinajstić information content (AvgIpc) is 2.19. The molecule has 1 fully saturated rings. The Hall–Kier alpha value is 0.700. The zero-order valence-electron chi connectivity index (χ0n) is 9.95. The lowest BCUT2D eigenvalue weighted by molar-refractivity contribution is 0.245. The van der Waals surface area contributed by atoms with E-state index in [0.29, 0.717) is 0 Å². The molecule has 1 rings (SSSR count). The van der Waals surface area contributed by atoms with Gasteiger partial charge in [-0.3, -0.25) is 0 Å². The van der Waals surface area contributed by atoms with Crippen molar-refractivity contribution in [1.29, 1.82) is 0 Å². The van der Waals surface area contributed by atoms with Crippen LogP contribution < -0.4 is 0 Å². The van der Waals surface area contributed by atoms with Gasteiger partial charge in [0.15, 0.2) is 0 Å². The normalized spacial score (nSPS) is 35.6. The third kappa shape index (κ3) is 3.37. The van der Waals surface area contributed by atoms with E-state index in [1.54, 1.807) is 0 Å². The van der Waals surface area contributed by atoms with E-state index in [0.717, 1.165) is 23.0 Å². The Kier molecular flexibility index (Phi) is 5.76. The topological polar surface area (TPSA) is 0 Å². The summed E-state index contributed by atoms with van der Waals surface area (Å²) in [5.74, 6) is 4.21. The molecular weight excluding hydrogens is 208 g/mol. The summed E-state index contributed by atoms with van der Waals surface area (Å²) < 4.78 is 0. The predicted molar refractivity (Wildman–Crippen MR) is 71.4 cm³/mol. The molecule has 0 aliphatic heterocycles. The van der Waals surface area contributed by atoms with Crippen molar-refractivity contribution in [1.82, 2.24) is 0 Å². The van der Waals surface area contributed by atoms with Crippen LogP contribution in [0.25, 0.3) is 0 Å². The van der Waals surface area contributed by atoms with Gasteiger partial charge in [0.2, 0.25) is 0 Å². The fourth-order valence-electron chi connectivity index (χ4n) is 2.56. The maximum atomic E-state index is 2.44. The summed E-state index contributed by atoms with van der Waals surface area (Å²) in [7, 11) is 0. The zero-order valence-corrected chi connectivity index (χ0v) is 11.6. The van der Waals surface area contributed by atoms with Crippen LogP contribution >= 0.6 is 23.5 Å². The van der Waals surface area contributed by atoms with Crippen molar-refractivity contribution in [3.8, 4) is 0 Å². The third-order valence-corrected chi connectivity index (χ3v) is 5.82. The Labute approximate surface area is 98.0 Å². The quantitative estimate of drug-likeness (QED) is 0.714. The van der Waals surface area contributed by atoms with Crippen molar-refractivity contribution in [3.05, 3.63) is 0 Å². The molecule has 0 radical (unpaired) electrons. The van der Waals surface area contributed by atoms with Crippen LogP contribution in [-0.4, -0.2) is 23.5 Å². The van der Waals surface area contributed by atoms with Crippen molar-refractivity contribution in [2.75, 3.05) is 18.3 Å². The van der Waals surface area contributed by atoms with Crippen LogP contribution in [0, 0.1) is 17.8 Å². The van der Waals surface area contributed by atoms with Gasteiger partial charge < -0.3 is 0 Å². The van der Waals surface area contributed by atoms with Gasteiger partial charge in [-0.25, -0.2) is 0 Å². The van der Waals surface area contributed by atoms with Crippen LogP contribution in [0.2, 0.25) is 0 Å². The first-order chi connectivity index (χ1) is 6.69. The summed E-state index contributed by atoms with van der Waals surface area (Å²) in [6.45, 7) is 4.87. The Bertz CT molecular complexity index is 158. The molecule has 0 saturated heterocycles. The summed E-state index contributed by atoms with van der Waals surface area (Å²) in [5, 5.41) is 0.929. The lowest BCUT2D eigenvalue weighted by Crippen LogP contribution is -2.29. The highest BCUT2D eigenvalue weighted by Crippen LogP contribution is 2.39. The Morgan fingerprint density at radius 2 is 2.00 bits per heavy atom. The molecule has 2 heteroatoms. The lowest BCUT2D eigenvalue weighted by atomic mass is 9.77. The highest BCUT2D eigenvalue weighted by Gasteiger charge is 2.29. The molecule has 0 spiro atoms. The largest absolute Gasteiger partial charge is 0.165 e. The first kappa shape index (κ1) is 12.8. The molecule has 1 saturated carbocycles. The second-order valence-electron chi connectivity index (χ2n) is 4.76. The Balaban J connectivity index is 2.41. The van der Waals surface area contributed by atoms with Gasteiger partial charge >= 0.3 is 0 Å². The summed E-state index contributed by atoms with van der Waals surface area (Å²) in [6, 6.07) is 0. The van der Waals surface area contributed by atoms with E-state index < -0.39 is 0 Å². The Morgan fingerprint density at radius 3 is 2.57 bits per heavy atom. The van der Waals surface area contributed by atoms with Crippen LogP contribution in [0.5, 0.6) is 0 Å². The zero-order chi connectivity index (χ0) is 10.6. The van der Waals surface area contributed by atoms with E-state index in [9.17, 15) is 0 Å². The molecule has 0 aromatic carbocycles. The van der Waals surface area contributed by atoms with E-state index >= 15 is 0 Å². The number of thioether (sulfide) groups is 2. The molecule has 4 unspecified atom stereocenters. The van der Waals surface area contributed by atoms with Crippen LogP contribution in [0.4, 0.5) is 0 Å². The van der Waals surface area contributed by atoms with Crippen molar-refractivity contribution in [2.45, 2.75) is 38.4 Å². The summed E-state index contributed by atoms with van der Waals surface area (Å²) >= 11 is 4.09. The van der Waals surface area contributed by atoms with Gasteiger partial charge in [0, 0.05) is 5.25 Å². The van der Waals surface area contributed by atoms with E-state index in [1.807, 2.05) is 11.8 Å². The molecule has 1 aliphatic carbocycles. The Morgan fingerprint density at radius 1 is 1.29 bits per heavy atom. The lowest BCUT2D eigenvalue weighted by Gasteiger charge is -2.36. The molecule has 0 N–H and O–H groups in total. The fraction of sp³-hybridized carbons (Fsp3) is 1.00. The average molecular weight is 232 g/mol. The van der Waals surface area contributed by atoms with Gasteiger partial charge in [-0.1, -0.05) is 13.8 Å². The van der Waals surface area contributed by atoms with E-state index in [2.05, 4.69) is 38.1 Å².